The number of carboxylic acids is 1. The van der Waals surface area contributed by atoms with E-state index in [0.717, 1.165) is 34.3 Å². The molecular weight excluding hydrogens is 564 g/mol. The third kappa shape index (κ3) is 4.68. The molecule has 0 bridgehead atoms. The number of fused-ring (bicyclic) bond motifs is 2. The van der Waals surface area contributed by atoms with Crippen molar-refractivity contribution in [3.8, 4) is 0 Å². The van der Waals surface area contributed by atoms with E-state index in [1.54, 1.807) is 24.0 Å². The van der Waals surface area contributed by atoms with Crippen molar-refractivity contribution in [2.75, 3.05) is 17.2 Å². The topological polar surface area (TPSA) is 185 Å². The standard InChI is InChI=1S/C32H30N6O6/c1-15-17-7-9-21(19(17)6-5-18(15)31(43)44)37-30(42)23-11-22(35-14-36-23)29(41)34-12-16-4-8-20-24(10-16)38(13-32(20,2)3)26-25(33)27(39)28(26)40/h4-6,8,10-11,14,21H,7,9,12-13,33H2,1-3H3,(H,34,41)(H,37,42)(H,43,44)/t21-/m0/s1. The second-order valence-corrected chi connectivity index (χ2v) is 11.9. The molecule has 0 fully saturated rings. The van der Waals surface area contributed by atoms with Gasteiger partial charge in [0.05, 0.1) is 11.6 Å². The first kappa shape index (κ1) is 28.7. The molecule has 1 aromatic heterocycles. The number of nitrogens with two attached hydrogens (primary N) is 1. The number of hydrogen-bond acceptors (Lipinski definition) is 9. The van der Waals surface area contributed by atoms with E-state index in [4.69, 9.17) is 5.73 Å². The monoisotopic (exact) mass is 594 g/mol. The van der Waals surface area contributed by atoms with Crippen molar-refractivity contribution in [1.29, 1.82) is 0 Å². The first-order chi connectivity index (χ1) is 20.9. The van der Waals surface area contributed by atoms with E-state index in [1.165, 1.54) is 6.07 Å². The number of aromatic nitrogens is 2. The highest BCUT2D eigenvalue weighted by atomic mass is 16.4. The van der Waals surface area contributed by atoms with Crippen LogP contribution in [0.3, 0.4) is 0 Å². The minimum atomic E-state index is -0.989. The number of nitrogen functional groups attached to an aromatic ring is 1. The van der Waals surface area contributed by atoms with E-state index in [2.05, 4.69) is 20.6 Å². The second kappa shape index (κ2) is 10.4. The average Bonchev–Trinajstić information content (AvgIpc) is 3.53. The molecule has 1 atom stereocenters. The Morgan fingerprint density at radius 3 is 2.48 bits per heavy atom. The lowest BCUT2D eigenvalue weighted by Gasteiger charge is -2.24. The highest BCUT2D eigenvalue weighted by Crippen LogP contribution is 2.45. The number of carbonyl (C=O) groups is 3. The van der Waals surface area contributed by atoms with Crippen LogP contribution in [0.1, 0.15) is 85.5 Å². The van der Waals surface area contributed by atoms with E-state index in [9.17, 15) is 29.1 Å². The summed E-state index contributed by atoms with van der Waals surface area (Å²) >= 11 is 0. The van der Waals surface area contributed by atoms with Crippen LogP contribution in [0, 0.1) is 6.92 Å². The molecule has 6 rings (SSSR count). The maximum Gasteiger partial charge on any atom is 0.335 e. The van der Waals surface area contributed by atoms with Gasteiger partial charge in [-0.05, 0) is 59.7 Å². The molecule has 0 unspecified atom stereocenters. The van der Waals surface area contributed by atoms with Gasteiger partial charge in [0, 0.05) is 30.3 Å². The van der Waals surface area contributed by atoms with E-state index in [0.29, 0.717) is 24.9 Å². The van der Waals surface area contributed by atoms with Gasteiger partial charge in [0.1, 0.15) is 29.1 Å². The third-order valence-electron chi connectivity index (χ3n) is 8.64. The van der Waals surface area contributed by atoms with E-state index in [1.807, 2.05) is 32.0 Å². The lowest BCUT2D eigenvalue weighted by atomic mass is 9.86. The molecular formula is C32H30N6O6. The summed E-state index contributed by atoms with van der Waals surface area (Å²) < 4.78 is 0. The number of benzene rings is 2. The molecule has 2 amide bonds. The van der Waals surface area contributed by atoms with Gasteiger partial charge in [0.25, 0.3) is 22.7 Å². The van der Waals surface area contributed by atoms with Crippen molar-refractivity contribution >= 4 is 34.8 Å². The van der Waals surface area contributed by atoms with Gasteiger partial charge >= 0.3 is 5.97 Å². The first-order valence-corrected chi connectivity index (χ1v) is 14.1. The summed E-state index contributed by atoms with van der Waals surface area (Å²) in [7, 11) is 0. The Kier molecular flexibility index (Phi) is 6.79. The summed E-state index contributed by atoms with van der Waals surface area (Å²) in [5.74, 6) is -1.97. The molecule has 4 aromatic rings. The largest absolute Gasteiger partial charge is 0.478 e. The van der Waals surface area contributed by atoms with Crippen LogP contribution < -0.4 is 32.1 Å². The van der Waals surface area contributed by atoms with Crippen LogP contribution in [0.2, 0.25) is 0 Å². The molecule has 12 heteroatoms. The number of aromatic carboxylic acids is 1. The van der Waals surface area contributed by atoms with Crippen LogP contribution in [0.25, 0.3) is 0 Å². The van der Waals surface area contributed by atoms with Gasteiger partial charge in [0.2, 0.25) is 0 Å². The summed E-state index contributed by atoms with van der Waals surface area (Å²) in [5, 5.41) is 15.2. The summed E-state index contributed by atoms with van der Waals surface area (Å²) in [4.78, 5) is 71.5. The SMILES string of the molecule is Cc1c(C(=O)O)ccc2c1CC[C@@H]2NC(=O)c1cc(C(=O)NCc2ccc3c(c2)N(c2c(N)c(=O)c2=O)CC3(C)C)ncn1. The molecule has 12 nitrogen and oxygen atoms in total. The molecule has 2 aliphatic rings. The van der Waals surface area contributed by atoms with Gasteiger partial charge < -0.3 is 26.4 Å². The molecule has 0 saturated heterocycles. The molecule has 0 spiro atoms. The Labute approximate surface area is 251 Å². The molecule has 44 heavy (non-hydrogen) atoms. The zero-order chi connectivity index (χ0) is 31.5. The Balaban J connectivity index is 1.14. The predicted molar refractivity (Wildman–Crippen MR) is 162 cm³/mol. The van der Waals surface area contributed by atoms with E-state index < -0.39 is 28.6 Å². The number of amides is 2. The Morgan fingerprint density at radius 2 is 1.77 bits per heavy atom. The molecule has 5 N–H and O–H groups in total. The first-order valence-electron chi connectivity index (χ1n) is 14.1. The van der Waals surface area contributed by atoms with Crippen LogP contribution >= 0.6 is 0 Å². The molecule has 3 aromatic carbocycles. The molecule has 0 saturated carbocycles. The van der Waals surface area contributed by atoms with Crippen molar-refractivity contribution in [2.24, 2.45) is 0 Å². The third-order valence-corrected chi connectivity index (χ3v) is 8.64. The highest BCUT2D eigenvalue weighted by molar-refractivity contribution is 5.97. The van der Waals surface area contributed by atoms with Crippen LogP contribution in [0.4, 0.5) is 17.1 Å². The zero-order valence-electron chi connectivity index (χ0n) is 24.4. The van der Waals surface area contributed by atoms with Gasteiger partial charge in [-0.2, -0.15) is 0 Å². The predicted octanol–water partition coefficient (Wildman–Crippen LogP) is 2.44. The minimum Gasteiger partial charge on any atom is -0.478 e. The van der Waals surface area contributed by atoms with Crippen molar-refractivity contribution in [3.05, 3.63) is 108 Å². The zero-order valence-corrected chi connectivity index (χ0v) is 24.4. The molecule has 2 heterocycles. The van der Waals surface area contributed by atoms with Crippen LogP contribution in [0.5, 0.6) is 0 Å². The van der Waals surface area contributed by atoms with Gasteiger partial charge in [-0.15, -0.1) is 0 Å². The quantitative estimate of drug-likeness (QED) is 0.232. The van der Waals surface area contributed by atoms with E-state index >= 15 is 0 Å². The van der Waals surface area contributed by atoms with Crippen LogP contribution in [0.15, 0.2) is 52.3 Å². The Hall–Kier alpha value is -5.39. The number of carboxylic acid groups (broad SMARTS) is 1. The fourth-order valence-electron chi connectivity index (χ4n) is 6.29. The lowest BCUT2D eigenvalue weighted by molar-refractivity contribution is 0.0695. The van der Waals surface area contributed by atoms with Crippen molar-refractivity contribution in [1.82, 2.24) is 20.6 Å². The lowest BCUT2D eigenvalue weighted by Crippen LogP contribution is -2.41. The van der Waals surface area contributed by atoms with Crippen molar-refractivity contribution in [3.63, 3.8) is 0 Å². The Bertz CT molecular complexity index is 1960. The maximum absolute atomic E-state index is 13.1. The number of anilines is 3. The average molecular weight is 595 g/mol. The smallest absolute Gasteiger partial charge is 0.335 e. The van der Waals surface area contributed by atoms with Gasteiger partial charge in [0.15, 0.2) is 0 Å². The van der Waals surface area contributed by atoms with Crippen LogP contribution in [-0.4, -0.2) is 39.4 Å². The maximum atomic E-state index is 13.1. The number of nitrogens with one attached hydrogen (secondary N) is 2. The fraction of sp³-hybridized carbons (Fsp3) is 0.281. The fourth-order valence-corrected chi connectivity index (χ4v) is 6.29. The van der Waals surface area contributed by atoms with Crippen molar-refractivity contribution < 1.29 is 19.5 Å². The summed E-state index contributed by atoms with van der Waals surface area (Å²) in [6, 6.07) is 9.98. The van der Waals surface area contributed by atoms with Crippen LogP contribution in [-0.2, 0) is 18.4 Å². The number of nitrogens with zero attached hydrogens (tertiary/aromatic N) is 3. The molecule has 1 aliphatic carbocycles. The van der Waals surface area contributed by atoms with Crippen molar-refractivity contribution in [2.45, 2.75) is 51.6 Å². The minimum absolute atomic E-state index is 0.0133. The van der Waals surface area contributed by atoms with Gasteiger partial charge in [-0.25, -0.2) is 14.8 Å². The normalized spacial score (nSPS) is 16.4. The molecule has 0 radical (unpaired) electrons. The van der Waals surface area contributed by atoms with Gasteiger partial charge in [-0.3, -0.25) is 19.2 Å². The van der Waals surface area contributed by atoms with E-state index in [-0.39, 0.29) is 46.3 Å². The molecule has 224 valence electrons. The number of carbonyl (C=O) groups excluding carboxylic acids is 2. The number of rotatable bonds is 7. The second-order valence-electron chi connectivity index (χ2n) is 11.9. The Morgan fingerprint density at radius 1 is 1.05 bits per heavy atom. The molecule has 1 aliphatic heterocycles. The van der Waals surface area contributed by atoms with Gasteiger partial charge in [-0.1, -0.05) is 32.0 Å². The highest BCUT2D eigenvalue weighted by Gasteiger charge is 2.39. The summed E-state index contributed by atoms with van der Waals surface area (Å²) in [6.07, 6.45) is 2.41. The summed E-state index contributed by atoms with van der Waals surface area (Å²) in [5.41, 5.74) is 9.72. The number of hydrogen-bond donors (Lipinski definition) is 4. The summed E-state index contributed by atoms with van der Waals surface area (Å²) in [6.45, 7) is 6.48.